The Labute approximate surface area is 203 Å². The smallest absolute Gasteiger partial charge is 0.309 e. The molecule has 34 heavy (non-hydrogen) atoms. The molecule has 4 N–H and O–H groups in total. The van der Waals surface area contributed by atoms with Crippen molar-refractivity contribution < 1.29 is 44.3 Å². The summed E-state index contributed by atoms with van der Waals surface area (Å²) < 4.78 is 15.6. The summed E-state index contributed by atoms with van der Waals surface area (Å²) in [6, 6.07) is 0. The summed E-state index contributed by atoms with van der Waals surface area (Å²) in [5, 5.41) is 47.9. The van der Waals surface area contributed by atoms with Crippen molar-refractivity contribution in [1.29, 1.82) is 0 Å². The molecule has 1 aliphatic heterocycles. The van der Waals surface area contributed by atoms with Gasteiger partial charge in [-0.1, -0.05) is 39.8 Å². The number of aliphatic hydroxyl groups is 4. The Morgan fingerprint density at radius 3 is 2.32 bits per heavy atom. The number of hydrogen-bond acceptors (Lipinski definition) is 10. The van der Waals surface area contributed by atoms with Crippen LogP contribution in [0.2, 0.25) is 0 Å². The van der Waals surface area contributed by atoms with Crippen LogP contribution in [0.25, 0.3) is 0 Å². The maximum absolute atomic E-state index is 12.6. The minimum absolute atomic E-state index is 0.00890. The van der Waals surface area contributed by atoms with Crippen LogP contribution in [-0.2, 0) is 23.8 Å². The molecule has 0 aromatic heterocycles. The Morgan fingerprint density at radius 2 is 1.74 bits per heavy atom. The van der Waals surface area contributed by atoms with E-state index in [1.54, 1.807) is 34.8 Å². The number of ether oxygens (including phenoxy) is 3. The van der Waals surface area contributed by atoms with Gasteiger partial charge < -0.3 is 39.5 Å². The van der Waals surface area contributed by atoms with Crippen molar-refractivity contribution in [2.75, 3.05) is 27.1 Å². The first-order valence-electron chi connectivity index (χ1n) is 12.1. The van der Waals surface area contributed by atoms with Gasteiger partial charge in [-0.05, 0) is 38.5 Å². The van der Waals surface area contributed by atoms with E-state index in [4.69, 9.17) is 19.0 Å². The van der Waals surface area contributed by atoms with Crippen molar-refractivity contribution in [3.8, 4) is 0 Å². The van der Waals surface area contributed by atoms with Gasteiger partial charge in [0, 0.05) is 18.9 Å². The van der Waals surface area contributed by atoms with Gasteiger partial charge in [0.1, 0.15) is 6.10 Å². The highest BCUT2D eigenvalue weighted by atomic mass is 16.7. The van der Waals surface area contributed by atoms with E-state index in [0.717, 1.165) is 0 Å². The average Bonchev–Trinajstić information content (AvgIpc) is 2.73. The monoisotopic (exact) mass is 491 g/mol. The Balaban J connectivity index is 3.30. The maximum Gasteiger partial charge on any atom is 0.309 e. The Morgan fingerprint density at radius 1 is 1.09 bits per heavy atom. The highest BCUT2D eigenvalue weighted by Gasteiger charge is 2.48. The van der Waals surface area contributed by atoms with E-state index in [2.05, 4.69) is 5.16 Å². The van der Waals surface area contributed by atoms with Crippen LogP contribution in [-0.4, -0.2) is 82.8 Å². The number of carbonyl (C=O) groups excluding carboxylic acids is 1. The molecular weight excluding hydrogens is 446 g/mol. The lowest BCUT2D eigenvalue weighted by molar-refractivity contribution is -0.285. The Hall–Kier alpha value is -1.30. The van der Waals surface area contributed by atoms with Crippen molar-refractivity contribution in [2.45, 2.75) is 90.8 Å². The van der Waals surface area contributed by atoms with Gasteiger partial charge in [-0.25, -0.2) is 0 Å². The molecule has 1 saturated heterocycles. The van der Waals surface area contributed by atoms with Gasteiger partial charge in [0.2, 0.25) is 12.6 Å². The third kappa shape index (κ3) is 9.05. The van der Waals surface area contributed by atoms with Gasteiger partial charge in [0.25, 0.3) is 0 Å². The van der Waals surface area contributed by atoms with Crippen molar-refractivity contribution in [2.24, 2.45) is 28.8 Å². The number of hydrogen-bond donors (Lipinski definition) is 4. The summed E-state index contributed by atoms with van der Waals surface area (Å²) in [5.74, 6) is -5.07. The Bertz CT molecular complexity index is 652. The molecule has 10 heteroatoms. The average molecular weight is 492 g/mol. The summed E-state index contributed by atoms with van der Waals surface area (Å²) in [6.07, 6.45) is -1.79. The van der Waals surface area contributed by atoms with Crippen LogP contribution in [0.4, 0.5) is 0 Å². The molecule has 0 bridgehead atoms. The number of carbonyl (C=O) groups is 1. The molecule has 7 atom stereocenters. The largest absolute Gasteiger partial charge is 0.456 e. The lowest BCUT2D eigenvalue weighted by atomic mass is 9.77. The van der Waals surface area contributed by atoms with Crippen LogP contribution < -0.4 is 0 Å². The molecule has 1 fully saturated rings. The third-order valence-corrected chi connectivity index (χ3v) is 6.41. The minimum atomic E-state index is -2.72. The second kappa shape index (κ2) is 13.7. The summed E-state index contributed by atoms with van der Waals surface area (Å²) in [5.41, 5.74) is -0.760. The van der Waals surface area contributed by atoms with Crippen LogP contribution in [0.5, 0.6) is 0 Å². The minimum Gasteiger partial charge on any atom is -0.456 e. The molecule has 0 saturated carbocycles. The zero-order valence-corrected chi connectivity index (χ0v) is 21.7. The molecule has 10 nitrogen and oxygen atoms in total. The van der Waals surface area contributed by atoms with Gasteiger partial charge in [0.05, 0.1) is 30.4 Å². The topological polar surface area (TPSA) is 147 Å². The number of rotatable bonds is 7. The first-order chi connectivity index (χ1) is 15.8. The zero-order valence-electron chi connectivity index (χ0n) is 21.7. The standard InChI is InChI=1S/C24H45NO9/c1-8-19-24(29,30)21(26)18(5)20(25-33-14-32-10-9-31-7)17(4)13-23(6,28)12-15(2)11-16(3)22(27)34-19/h15-19,21,26,28-30H,8-14H2,1-7H3/b25-20+/t15-,16+,17+,18-,19+,21+,23-/m0/s1. The molecule has 0 aromatic carbocycles. The van der Waals surface area contributed by atoms with Gasteiger partial charge in [-0.3, -0.25) is 4.79 Å². The van der Waals surface area contributed by atoms with E-state index < -0.39 is 41.4 Å². The molecule has 1 rings (SSSR count). The second-order valence-corrected chi connectivity index (χ2v) is 10.1. The number of nitrogens with zero attached hydrogens (tertiary/aromatic N) is 1. The van der Waals surface area contributed by atoms with Gasteiger partial charge in [0.15, 0.2) is 6.10 Å². The fourth-order valence-electron chi connectivity index (χ4n) is 4.79. The molecule has 200 valence electrons. The quantitative estimate of drug-likeness (QED) is 0.181. The van der Waals surface area contributed by atoms with Crippen molar-refractivity contribution in [3.05, 3.63) is 0 Å². The van der Waals surface area contributed by atoms with E-state index in [1.807, 2.05) is 13.8 Å². The van der Waals surface area contributed by atoms with E-state index in [0.29, 0.717) is 38.2 Å². The number of esters is 1. The van der Waals surface area contributed by atoms with Crippen LogP contribution in [0.3, 0.4) is 0 Å². The van der Waals surface area contributed by atoms with Crippen molar-refractivity contribution >= 4 is 11.7 Å². The van der Waals surface area contributed by atoms with Crippen molar-refractivity contribution in [1.82, 2.24) is 0 Å². The van der Waals surface area contributed by atoms with Crippen LogP contribution in [0.15, 0.2) is 5.16 Å². The zero-order chi connectivity index (χ0) is 26.1. The highest BCUT2D eigenvalue weighted by Crippen LogP contribution is 2.33. The molecule has 0 aromatic rings. The summed E-state index contributed by atoms with van der Waals surface area (Å²) in [6.45, 7) is 11.0. The molecule has 0 spiro atoms. The van der Waals surface area contributed by atoms with Crippen LogP contribution >= 0.6 is 0 Å². The lowest BCUT2D eigenvalue weighted by Crippen LogP contribution is -2.57. The molecule has 0 radical (unpaired) electrons. The fourth-order valence-corrected chi connectivity index (χ4v) is 4.79. The number of methoxy groups -OCH3 is 1. The molecule has 1 aliphatic rings. The number of aliphatic hydroxyl groups excluding tert-OH is 1. The van der Waals surface area contributed by atoms with Crippen molar-refractivity contribution in [3.63, 3.8) is 0 Å². The molecular formula is C24H45NO9. The van der Waals surface area contributed by atoms with E-state index in [9.17, 15) is 25.2 Å². The number of cyclic esters (lactones) is 1. The molecule has 0 aliphatic carbocycles. The van der Waals surface area contributed by atoms with E-state index in [-0.39, 0.29) is 25.0 Å². The van der Waals surface area contributed by atoms with Gasteiger partial charge in [-0.15, -0.1) is 0 Å². The highest BCUT2D eigenvalue weighted by molar-refractivity contribution is 5.88. The van der Waals surface area contributed by atoms with Gasteiger partial charge >= 0.3 is 5.97 Å². The molecule has 0 amide bonds. The van der Waals surface area contributed by atoms with Gasteiger partial charge in [-0.2, -0.15) is 0 Å². The molecule has 0 unspecified atom stereocenters. The van der Waals surface area contributed by atoms with E-state index >= 15 is 0 Å². The lowest BCUT2D eigenvalue weighted by Gasteiger charge is -2.39. The maximum atomic E-state index is 12.6. The van der Waals surface area contributed by atoms with Crippen LogP contribution in [0, 0.1) is 23.7 Å². The summed E-state index contributed by atoms with van der Waals surface area (Å²) in [4.78, 5) is 17.9. The Kier molecular flexibility index (Phi) is 12.4. The third-order valence-electron chi connectivity index (χ3n) is 6.41. The second-order valence-electron chi connectivity index (χ2n) is 10.1. The first-order valence-corrected chi connectivity index (χ1v) is 12.1. The molecule has 1 heterocycles. The SMILES string of the molecule is CC[C@H]1OC(=O)[C@H](C)C[C@H](C)C[C@](C)(O)C[C@@H](C)/C(=N\OCOCCOC)[C@H](C)[C@@H](O)C1(O)O. The van der Waals surface area contributed by atoms with Crippen LogP contribution in [0.1, 0.15) is 67.2 Å². The fraction of sp³-hybridized carbons (Fsp3) is 0.917. The van der Waals surface area contributed by atoms with E-state index in [1.165, 1.54) is 0 Å². The normalized spacial score (nSPS) is 37.1. The summed E-state index contributed by atoms with van der Waals surface area (Å²) >= 11 is 0. The predicted molar refractivity (Wildman–Crippen MR) is 126 cm³/mol. The summed E-state index contributed by atoms with van der Waals surface area (Å²) in [7, 11) is 1.55. The first kappa shape index (κ1) is 30.7. The number of oxime groups is 1. The predicted octanol–water partition coefficient (Wildman–Crippen LogP) is 1.82.